The minimum Gasteiger partial charge on any atom is -0.590 e. The van der Waals surface area contributed by atoms with Crippen LogP contribution in [0.3, 0.4) is 0 Å². The van der Waals surface area contributed by atoms with Gasteiger partial charge < -0.3 is 14.0 Å². The molecule has 0 aliphatic heterocycles. The number of carbonyl (C=O) groups is 1. The Morgan fingerprint density at radius 2 is 2.05 bits per heavy atom. The molecule has 0 aliphatic carbocycles. The summed E-state index contributed by atoms with van der Waals surface area (Å²) in [5.41, 5.74) is 0.836. The zero-order chi connectivity index (χ0) is 15.0. The predicted molar refractivity (Wildman–Crippen MR) is 79.5 cm³/mol. The number of thiophene rings is 1. The van der Waals surface area contributed by atoms with E-state index in [4.69, 9.17) is 21.1 Å². The molecule has 1 aromatic heterocycles. The third kappa shape index (κ3) is 2.49. The first-order valence-electron chi connectivity index (χ1n) is 6.08. The minimum atomic E-state index is -1.62. The summed E-state index contributed by atoms with van der Waals surface area (Å²) < 4.78 is 23.2. The summed E-state index contributed by atoms with van der Waals surface area (Å²) in [5.74, 6) is -0.00599. The van der Waals surface area contributed by atoms with Gasteiger partial charge in [0, 0.05) is 6.07 Å². The van der Waals surface area contributed by atoms with Gasteiger partial charge in [-0.1, -0.05) is 11.6 Å². The topological polar surface area (TPSA) is 58.6 Å². The number of ether oxygens (including phenoxy) is 2. The number of fused-ring (bicyclic) bond motifs is 1. The molecule has 0 amide bonds. The molecule has 4 nitrogen and oxygen atoms in total. The Morgan fingerprint density at radius 1 is 1.40 bits per heavy atom. The molecule has 0 bridgehead atoms. The maximum atomic E-state index is 12.4. The van der Waals surface area contributed by atoms with Crippen molar-refractivity contribution in [2.24, 2.45) is 0 Å². The van der Waals surface area contributed by atoms with E-state index >= 15 is 0 Å². The maximum absolute atomic E-state index is 12.4. The van der Waals surface area contributed by atoms with Gasteiger partial charge in [0.2, 0.25) is 0 Å². The maximum Gasteiger partial charge on any atom is 0.393 e. The van der Waals surface area contributed by atoms with E-state index in [1.54, 1.807) is 33.1 Å². The Kier molecular flexibility index (Phi) is 4.22. The van der Waals surface area contributed by atoms with Crippen LogP contribution in [-0.4, -0.2) is 23.7 Å². The number of carbonyl (C=O) groups excluding carboxylic acids is 1. The normalized spacial score (nSPS) is 12.1. The van der Waals surface area contributed by atoms with Crippen LogP contribution in [-0.2, 0) is 4.74 Å². The quantitative estimate of drug-likeness (QED) is 0.632. The highest BCUT2D eigenvalue weighted by Gasteiger charge is 2.30. The molecule has 1 unspecified atom stereocenters. The molecule has 20 heavy (non-hydrogen) atoms. The minimum absolute atomic E-state index is 0.00280. The number of benzene rings is 1. The SMILES string of the molecule is COc1cc2c(Cl)c(C(=O)OC(C)C)[s+]([O-])c2cc1C. The summed E-state index contributed by atoms with van der Waals surface area (Å²) in [6, 6.07) is 3.42. The molecule has 0 N–H and O–H groups in total. The molecule has 0 saturated carbocycles. The van der Waals surface area contributed by atoms with Crippen molar-refractivity contribution in [3.63, 3.8) is 0 Å². The number of methoxy groups -OCH3 is 1. The van der Waals surface area contributed by atoms with Crippen molar-refractivity contribution in [2.75, 3.05) is 7.11 Å². The highest BCUT2D eigenvalue weighted by molar-refractivity contribution is 7.33. The molecule has 0 fully saturated rings. The van der Waals surface area contributed by atoms with Crippen LogP contribution >= 0.6 is 22.4 Å². The van der Waals surface area contributed by atoms with Gasteiger partial charge in [-0.2, -0.15) is 0 Å². The standard InChI is InChI=1S/C14H15ClO4S/c1-7(2)19-14(16)13-12(15)9-6-10(18-4)8(3)5-11(9)20(13)17/h5-7H,1-4H3. The Morgan fingerprint density at radius 3 is 2.60 bits per heavy atom. The second-order valence-corrected chi connectivity index (χ2v) is 6.45. The van der Waals surface area contributed by atoms with E-state index < -0.39 is 16.7 Å². The van der Waals surface area contributed by atoms with Crippen LogP contribution in [0.5, 0.6) is 5.75 Å². The smallest absolute Gasteiger partial charge is 0.393 e. The first kappa shape index (κ1) is 15.1. The van der Waals surface area contributed by atoms with Crippen LogP contribution in [0.15, 0.2) is 12.1 Å². The van der Waals surface area contributed by atoms with E-state index in [0.29, 0.717) is 15.8 Å². The van der Waals surface area contributed by atoms with E-state index in [1.165, 1.54) is 0 Å². The van der Waals surface area contributed by atoms with Crippen molar-refractivity contribution in [1.29, 1.82) is 0 Å². The van der Waals surface area contributed by atoms with Gasteiger partial charge >= 0.3 is 5.97 Å². The lowest BCUT2D eigenvalue weighted by atomic mass is 10.1. The molecule has 6 heteroatoms. The van der Waals surface area contributed by atoms with Crippen LogP contribution < -0.4 is 4.74 Å². The fourth-order valence-electron chi connectivity index (χ4n) is 1.95. The Labute approximate surface area is 125 Å². The highest BCUT2D eigenvalue weighted by atomic mass is 35.5. The Bertz CT molecular complexity index is 676. The Hall–Kier alpha value is -1.30. The van der Waals surface area contributed by atoms with Gasteiger partial charge in [0.25, 0.3) is 4.88 Å². The summed E-state index contributed by atoms with van der Waals surface area (Å²) in [4.78, 5) is 12.0. The second-order valence-electron chi connectivity index (χ2n) is 4.68. The Balaban J connectivity index is 2.66. The first-order valence-corrected chi connectivity index (χ1v) is 7.61. The van der Waals surface area contributed by atoms with E-state index in [2.05, 4.69) is 0 Å². The van der Waals surface area contributed by atoms with Crippen LogP contribution in [0.2, 0.25) is 5.02 Å². The van der Waals surface area contributed by atoms with Crippen molar-refractivity contribution in [3.05, 3.63) is 27.6 Å². The van der Waals surface area contributed by atoms with Crippen molar-refractivity contribution in [3.8, 4) is 5.75 Å². The molecule has 2 aromatic rings. The number of esters is 1. The largest absolute Gasteiger partial charge is 0.590 e. The molecule has 0 aliphatic rings. The lowest BCUT2D eigenvalue weighted by molar-refractivity contribution is 0.0383. The van der Waals surface area contributed by atoms with E-state index in [-0.39, 0.29) is 16.0 Å². The van der Waals surface area contributed by atoms with Crippen molar-refractivity contribution < 1.29 is 18.8 Å². The zero-order valence-electron chi connectivity index (χ0n) is 11.7. The van der Waals surface area contributed by atoms with Crippen LogP contribution in [0, 0.1) is 6.92 Å². The molecular weight excluding hydrogens is 300 g/mol. The van der Waals surface area contributed by atoms with Gasteiger partial charge in [0.05, 0.1) is 18.6 Å². The summed E-state index contributed by atoms with van der Waals surface area (Å²) in [6.07, 6.45) is -0.295. The average Bonchev–Trinajstić information content (AvgIpc) is 2.59. The van der Waals surface area contributed by atoms with Crippen molar-refractivity contribution in [1.82, 2.24) is 0 Å². The third-order valence-corrected chi connectivity index (χ3v) is 4.83. The molecule has 0 spiro atoms. The molecule has 1 atom stereocenters. The summed E-state index contributed by atoms with van der Waals surface area (Å²) in [5, 5.41) is 0.727. The highest BCUT2D eigenvalue weighted by Crippen LogP contribution is 2.44. The molecule has 0 saturated heterocycles. The van der Waals surface area contributed by atoms with Gasteiger partial charge in [-0.05, 0) is 43.2 Å². The van der Waals surface area contributed by atoms with Gasteiger partial charge in [0.15, 0.2) is 4.70 Å². The first-order chi connectivity index (χ1) is 9.36. The number of rotatable bonds is 3. The molecule has 2 rings (SSSR count). The average molecular weight is 315 g/mol. The van der Waals surface area contributed by atoms with Gasteiger partial charge in [-0.3, -0.25) is 0 Å². The summed E-state index contributed by atoms with van der Waals surface area (Å²) in [6.45, 7) is 5.30. The third-order valence-electron chi connectivity index (χ3n) is 2.85. The monoisotopic (exact) mass is 314 g/mol. The van der Waals surface area contributed by atoms with Crippen LogP contribution in [0.25, 0.3) is 10.1 Å². The van der Waals surface area contributed by atoms with Crippen molar-refractivity contribution in [2.45, 2.75) is 26.9 Å². The fourth-order valence-corrected chi connectivity index (χ4v) is 3.79. The molecular formula is C14H15ClO4S. The second kappa shape index (κ2) is 5.60. The van der Waals surface area contributed by atoms with Gasteiger partial charge in [0.1, 0.15) is 10.8 Å². The van der Waals surface area contributed by atoms with E-state index in [9.17, 15) is 9.35 Å². The number of hydrogen-bond acceptors (Lipinski definition) is 4. The molecule has 108 valence electrons. The van der Waals surface area contributed by atoms with Crippen LogP contribution in [0.1, 0.15) is 29.1 Å². The molecule has 1 aromatic carbocycles. The lowest BCUT2D eigenvalue weighted by Gasteiger charge is -2.05. The van der Waals surface area contributed by atoms with Gasteiger partial charge in [-0.25, -0.2) is 4.79 Å². The van der Waals surface area contributed by atoms with Gasteiger partial charge in [-0.15, -0.1) is 0 Å². The molecule has 0 radical (unpaired) electrons. The van der Waals surface area contributed by atoms with Crippen LogP contribution in [0.4, 0.5) is 0 Å². The predicted octanol–water partition coefficient (Wildman–Crippen LogP) is 4.10. The fraction of sp³-hybridized carbons (Fsp3) is 0.357. The van der Waals surface area contributed by atoms with Crippen molar-refractivity contribution >= 4 is 38.4 Å². The van der Waals surface area contributed by atoms with E-state index in [1.807, 2.05) is 6.92 Å². The zero-order valence-corrected chi connectivity index (χ0v) is 13.2. The summed E-state index contributed by atoms with van der Waals surface area (Å²) in [7, 11) is -0.0673. The number of halogens is 1. The summed E-state index contributed by atoms with van der Waals surface area (Å²) >= 11 is 6.19. The number of aryl methyl sites for hydroxylation is 1. The lowest BCUT2D eigenvalue weighted by Crippen LogP contribution is -2.11. The van der Waals surface area contributed by atoms with E-state index in [0.717, 1.165) is 5.56 Å². The number of hydrogen-bond donors (Lipinski definition) is 0. The molecule has 1 heterocycles.